The zero-order valence-electron chi connectivity index (χ0n) is 14.1. The monoisotopic (exact) mass is 344 g/mol. The second-order valence-electron chi connectivity index (χ2n) is 6.93. The molecule has 0 unspecified atom stereocenters. The first kappa shape index (κ1) is 15.8. The lowest BCUT2D eigenvalue weighted by atomic mass is 10.2. The van der Waals surface area contributed by atoms with Crippen LogP contribution in [0.25, 0.3) is 0 Å². The van der Waals surface area contributed by atoms with Gasteiger partial charge in [-0.1, -0.05) is 6.07 Å². The van der Waals surface area contributed by atoms with Crippen LogP contribution < -0.4 is 0 Å². The first-order chi connectivity index (χ1) is 11.7. The molecule has 5 nitrogen and oxygen atoms in total. The third-order valence-electron chi connectivity index (χ3n) is 5.12. The van der Waals surface area contributed by atoms with E-state index in [0.29, 0.717) is 11.8 Å². The van der Waals surface area contributed by atoms with E-state index in [0.717, 1.165) is 45.6 Å². The Morgan fingerprint density at radius 3 is 3.00 bits per heavy atom. The number of amides is 1. The fraction of sp³-hybridized carbons (Fsp3) is 0.556. The summed E-state index contributed by atoms with van der Waals surface area (Å²) in [6, 6.07) is 4.31. The Morgan fingerprint density at radius 2 is 2.25 bits per heavy atom. The summed E-state index contributed by atoms with van der Waals surface area (Å²) < 4.78 is 1.82. The predicted molar refractivity (Wildman–Crippen MR) is 94.8 cm³/mol. The van der Waals surface area contributed by atoms with Crippen molar-refractivity contribution in [2.45, 2.75) is 25.3 Å². The first-order valence-electron chi connectivity index (χ1n) is 8.73. The van der Waals surface area contributed by atoms with Crippen LogP contribution in [-0.2, 0) is 18.4 Å². The molecule has 2 aromatic heterocycles. The summed E-state index contributed by atoms with van der Waals surface area (Å²) in [5.74, 6) is 0.913. The molecule has 4 rings (SSSR count). The third kappa shape index (κ3) is 3.39. The van der Waals surface area contributed by atoms with Gasteiger partial charge in [0, 0.05) is 56.8 Å². The SMILES string of the molecule is Cn1cc([C@@H]2C[C@@H]2C(=O)N2CCCN(Cc3cccs3)CC2)cn1. The van der Waals surface area contributed by atoms with Crippen molar-refractivity contribution in [3.8, 4) is 0 Å². The highest BCUT2D eigenvalue weighted by atomic mass is 32.1. The third-order valence-corrected chi connectivity index (χ3v) is 5.98. The number of nitrogens with zero attached hydrogens (tertiary/aromatic N) is 4. The Labute approximate surface area is 146 Å². The maximum Gasteiger partial charge on any atom is 0.226 e. The standard InChI is InChI=1S/C18H24N4OS/c1-20-12-14(11-19-20)16-10-17(16)18(23)22-6-3-5-21(7-8-22)13-15-4-2-9-24-15/h2,4,9,11-12,16-17H,3,5-8,10,13H2,1H3/t16-,17-/m0/s1. The van der Waals surface area contributed by atoms with E-state index in [4.69, 9.17) is 0 Å². The normalized spacial score (nSPS) is 24.8. The molecular weight excluding hydrogens is 320 g/mol. The quantitative estimate of drug-likeness (QED) is 0.855. The number of rotatable bonds is 4. The summed E-state index contributed by atoms with van der Waals surface area (Å²) >= 11 is 1.82. The van der Waals surface area contributed by atoms with E-state index < -0.39 is 0 Å². The van der Waals surface area contributed by atoms with E-state index in [2.05, 4.69) is 32.4 Å². The molecule has 1 amide bonds. The van der Waals surface area contributed by atoms with Crippen LogP contribution in [0, 0.1) is 5.92 Å². The Balaban J connectivity index is 1.31. The number of aromatic nitrogens is 2. The summed E-state index contributed by atoms with van der Waals surface area (Å²) in [6.45, 7) is 4.84. The van der Waals surface area contributed by atoms with Gasteiger partial charge in [0.15, 0.2) is 0 Å². The number of carbonyl (C=O) groups excluding carboxylic acids is 1. The highest BCUT2D eigenvalue weighted by Gasteiger charge is 2.46. The van der Waals surface area contributed by atoms with Crippen LogP contribution in [0.3, 0.4) is 0 Å². The average Bonchev–Trinajstić information content (AvgIpc) is 3.10. The van der Waals surface area contributed by atoms with Crippen LogP contribution in [0.2, 0.25) is 0 Å². The fourth-order valence-corrected chi connectivity index (χ4v) is 4.42. The molecule has 0 radical (unpaired) electrons. The number of hydrogen-bond acceptors (Lipinski definition) is 4. The van der Waals surface area contributed by atoms with Crippen LogP contribution in [0.1, 0.15) is 29.2 Å². The van der Waals surface area contributed by atoms with Gasteiger partial charge in [-0.3, -0.25) is 14.4 Å². The largest absolute Gasteiger partial charge is 0.341 e. The smallest absolute Gasteiger partial charge is 0.226 e. The van der Waals surface area contributed by atoms with E-state index in [-0.39, 0.29) is 5.92 Å². The molecule has 3 heterocycles. The molecule has 1 aliphatic carbocycles. The minimum absolute atomic E-state index is 0.179. The predicted octanol–water partition coefficient (Wildman–Crippen LogP) is 2.32. The molecule has 2 fully saturated rings. The molecule has 1 aliphatic heterocycles. The van der Waals surface area contributed by atoms with Crippen LogP contribution in [0.15, 0.2) is 29.9 Å². The lowest BCUT2D eigenvalue weighted by Crippen LogP contribution is -2.36. The molecule has 2 atom stereocenters. The van der Waals surface area contributed by atoms with E-state index in [1.54, 1.807) is 0 Å². The number of aryl methyl sites for hydroxylation is 1. The molecule has 6 heteroatoms. The van der Waals surface area contributed by atoms with Gasteiger partial charge >= 0.3 is 0 Å². The van der Waals surface area contributed by atoms with Crippen molar-refractivity contribution in [3.05, 3.63) is 40.3 Å². The van der Waals surface area contributed by atoms with Gasteiger partial charge in [0.05, 0.1) is 6.20 Å². The van der Waals surface area contributed by atoms with Gasteiger partial charge in [-0.15, -0.1) is 11.3 Å². The van der Waals surface area contributed by atoms with E-state index >= 15 is 0 Å². The van der Waals surface area contributed by atoms with Gasteiger partial charge in [0.1, 0.15) is 0 Å². The average molecular weight is 344 g/mol. The Hall–Kier alpha value is -1.66. The number of hydrogen-bond donors (Lipinski definition) is 0. The van der Waals surface area contributed by atoms with E-state index in [9.17, 15) is 4.79 Å². The van der Waals surface area contributed by atoms with Gasteiger partial charge in [-0.25, -0.2) is 0 Å². The second-order valence-corrected chi connectivity index (χ2v) is 7.96. The molecule has 2 aliphatic rings. The van der Waals surface area contributed by atoms with Crippen LogP contribution >= 0.6 is 11.3 Å². The molecule has 24 heavy (non-hydrogen) atoms. The van der Waals surface area contributed by atoms with E-state index in [1.165, 1.54) is 10.4 Å². The highest BCUT2D eigenvalue weighted by Crippen LogP contribution is 2.48. The minimum Gasteiger partial charge on any atom is -0.341 e. The van der Waals surface area contributed by atoms with Crippen molar-refractivity contribution in [1.82, 2.24) is 19.6 Å². The lowest BCUT2D eigenvalue weighted by Gasteiger charge is -2.22. The van der Waals surface area contributed by atoms with Crippen LogP contribution in [0.4, 0.5) is 0 Å². The van der Waals surface area contributed by atoms with Crippen LogP contribution in [0.5, 0.6) is 0 Å². The van der Waals surface area contributed by atoms with Crippen molar-refractivity contribution in [2.75, 3.05) is 26.2 Å². The maximum atomic E-state index is 12.8. The lowest BCUT2D eigenvalue weighted by molar-refractivity contribution is -0.132. The number of thiophene rings is 1. The van der Waals surface area contributed by atoms with Crippen molar-refractivity contribution >= 4 is 17.2 Å². The zero-order valence-corrected chi connectivity index (χ0v) is 14.9. The van der Waals surface area contributed by atoms with Gasteiger partial charge in [-0.2, -0.15) is 5.10 Å². The molecule has 0 aromatic carbocycles. The van der Waals surface area contributed by atoms with Crippen LogP contribution in [-0.4, -0.2) is 51.7 Å². The Kier molecular flexibility index (Phi) is 4.41. The van der Waals surface area contributed by atoms with Gasteiger partial charge in [-0.05, 0) is 35.8 Å². The second kappa shape index (κ2) is 6.69. The van der Waals surface area contributed by atoms with E-state index in [1.807, 2.05) is 35.5 Å². The van der Waals surface area contributed by atoms with Crippen molar-refractivity contribution in [2.24, 2.45) is 13.0 Å². The summed E-state index contributed by atoms with van der Waals surface area (Å²) in [4.78, 5) is 18.8. The Bertz CT molecular complexity index is 696. The molecule has 1 saturated heterocycles. The fourth-order valence-electron chi connectivity index (χ4n) is 3.67. The minimum atomic E-state index is 0.179. The summed E-state index contributed by atoms with van der Waals surface area (Å²) in [6.07, 6.45) is 6.01. The molecule has 0 bridgehead atoms. The van der Waals surface area contributed by atoms with Crippen molar-refractivity contribution in [3.63, 3.8) is 0 Å². The highest BCUT2D eigenvalue weighted by molar-refractivity contribution is 7.09. The Morgan fingerprint density at radius 1 is 1.33 bits per heavy atom. The molecule has 128 valence electrons. The number of carbonyl (C=O) groups is 1. The summed E-state index contributed by atoms with van der Waals surface area (Å²) in [7, 11) is 1.93. The molecule has 0 spiro atoms. The zero-order chi connectivity index (χ0) is 16.5. The molecular formula is C18H24N4OS. The summed E-state index contributed by atoms with van der Waals surface area (Å²) in [5, 5.41) is 6.36. The first-order valence-corrected chi connectivity index (χ1v) is 9.61. The topological polar surface area (TPSA) is 41.4 Å². The van der Waals surface area contributed by atoms with Crippen molar-refractivity contribution < 1.29 is 4.79 Å². The summed E-state index contributed by atoms with van der Waals surface area (Å²) in [5.41, 5.74) is 1.21. The van der Waals surface area contributed by atoms with Gasteiger partial charge < -0.3 is 4.90 Å². The maximum absolute atomic E-state index is 12.8. The van der Waals surface area contributed by atoms with Gasteiger partial charge in [0.2, 0.25) is 5.91 Å². The molecule has 1 saturated carbocycles. The van der Waals surface area contributed by atoms with Crippen molar-refractivity contribution in [1.29, 1.82) is 0 Å². The molecule has 2 aromatic rings. The molecule has 0 N–H and O–H groups in total. The van der Waals surface area contributed by atoms with Gasteiger partial charge in [0.25, 0.3) is 0 Å².